The summed E-state index contributed by atoms with van der Waals surface area (Å²) in [7, 11) is 0. The second kappa shape index (κ2) is 3.63. The number of carbonyl (C=O) groups is 1. The Kier molecular flexibility index (Phi) is 2.71. The molecule has 0 amide bonds. The average Bonchev–Trinajstić information content (AvgIpc) is 2.13. The summed E-state index contributed by atoms with van der Waals surface area (Å²) >= 11 is 0. The van der Waals surface area contributed by atoms with Crippen LogP contribution < -0.4 is 11.5 Å². The van der Waals surface area contributed by atoms with Crippen LogP contribution in [0.2, 0.25) is 0 Å². The van der Waals surface area contributed by atoms with Gasteiger partial charge in [0.1, 0.15) is 11.9 Å². The summed E-state index contributed by atoms with van der Waals surface area (Å²) in [5, 5.41) is 8.60. The molecular weight excluding hydrogens is 187 g/mol. The van der Waals surface area contributed by atoms with Crippen molar-refractivity contribution in [3.05, 3.63) is 29.1 Å². The minimum Gasteiger partial charge on any atom is -0.480 e. The Morgan fingerprint density at radius 1 is 1.57 bits per heavy atom. The maximum atomic E-state index is 13.4. The Morgan fingerprint density at radius 3 is 2.64 bits per heavy atom. The SMILES string of the molecule is Cc1c(N)ccc([C@H](N)C(=O)O)c1F. The molecule has 1 atom stereocenters. The van der Waals surface area contributed by atoms with Gasteiger partial charge in [0.15, 0.2) is 0 Å². The second-order valence-electron chi connectivity index (χ2n) is 3.00. The molecule has 1 aromatic rings. The number of benzene rings is 1. The van der Waals surface area contributed by atoms with Gasteiger partial charge in [-0.15, -0.1) is 0 Å². The van der Waals surface area contributed by atoms with E-state index >= 15 is 0 Å². The van der Waals surface area contributed by atoms with E-state index in [-0.39, 0.29) is 16.8 Å². The summed E-state index contributed by atoms with van der Waals surface area (Å²) in [5.41, 5.74) is 11.2. The third kappa shape index (κ3) is 1.67. The van der Waals surface area contributed by atoms with Crippen LogP contribution in [0, 0.1) is 12.7 Å². The smallest absolute Gasteiger partial charge is 0.325 e. The van der Waals surface area contributed by atoms with Crippen LogP contribution in [-0.4, -0.2) is 11.1 Å². The van der Waals surface area contributed by atoms with E-state index in [0.717, 1.165) is 0 Å². The minimum atomic E-state index is -1.35. The van der Waals surface area contributed by atoms with E-state index in [2.05, 4.69) is 0 Å². The van der Waals surface area contributed by atoms with Gasteiger partial charge in [0.05, 0.1) is 0 Å². The van der Waals surface area contributed by atoms with Crippen molar-refractivity contribution in [1.82, 2.24) is 0 Å². The van der Waals surface area contributed by atoms with Crippen LogP contribution in [0.3, 0.4) is 0 Å². The Morgan fingerprint density at radius 2 is 2.14 bits per heavy atom. The first-order chi connectivity index (χ1) is 6.45. The number of nitrogen functional groups attached to an aromatic ring is 1. The molecule has 0 aromatic heterocycles. The number of aliphatic carboxylic acids is 1. The predicted molar refractivity (Wildman–Crippen MR) is 50.1 cm³/mol. The van der Waals surface area contributed by atoms with E-state index in [1.807, 2.05) is 0 Å². The van der Waals surface area contributed by atoms with Crippen LogP contribution in [-0.2, 0) is 4.79 Å². The van der Waals surface area contributed by atoms with E-state index < -0.39 is 17.8 Å². The Labute approximate surface area is 80.3 Å². The molecule has 1 aromatic carbocycles. The predicted octanol–water partition coefficient (Wildman–Crippen LogP) is 0.801. The largest absolute Gasteiger partial charge is 0.480 e. The third-order valence-electron chi connectivity index (χ3n) is 2.06. The van der Waals surface area contributed by atoms with Crippen molar-refractivity contribution in [2.24, 2.45) is 5.73 Å². The molecule has 0 aliphatic carbocycles. The van der Waals surface area contributed by atoms with E-state index in [4.69, 9.17) is 16.6 Å². The highest BCUT2D eigenvalue weighted by molar-refractivity contribution is 5.75. The molecule has 0 bridgehead atoms. The van der Waals surface area contributed by atoms with E-state index in [0.29, 0.717) is 0 Å². The van der Waals surface area contributed by atoms with Gasteiger partial charge in [-0.1, -0.05) is 6.07 Å². The van der Waals surface area contributed by atoms with Gasteiger partial charge >= 0.3 is 5.97 Å². The highest BCUT2D eigenvalue weighted by Crippen LogP contribution is 2.22. The number of carboxylic acid groups (broad SMARTS) is 1. The quantitative estimate of drug-likeness (QED) is 0.613. The monoisotopic (exact) mass is 198 g/mol. The van der Waals surface area contributed by atoms with Crippen molar-refractivity contribution < 1.29 is 14.3 Å². The van der Waals surface area contributed by atoms with Crippen molar-refractivity contribution in [3.8, 4) is 0 Å². The second-order valence-corrected chi connectivity index (χ2v) is 3.00. The Balaban J connectivity index is 3.24. The van der Waals surface area contributed by atoms with Gasteiger partial charge < -0.3 is 16.6 Å². The van der Waals surface area contributed by atoms with Crippen molar-refractivity contribution in [3.63, 3.8) is 0 Å². The van der Waals surface area contributed by atoms with Crippen LogP contribution in [0.1, 0.15) is 17.2 Å². The number of nitrogens with two attached hydrogens (primary N) is 2. The number of rotatable bonds is 2. The van der Waals surface area contributed by atoms with Crippen LogP contribution in [0.15, 0.2) is 12.1 Å². The van der Waals surface area contributed by atoms with Crippen molar-refractivity contribution in [2.75, 3.05) is 5.73 Å². The van der Waals surface area contributed by atoms with Crippen LogP contribution in [0.5, 0.6) is 0 Å². The number of halogens is 1. The van der Waals surface area contributed by atoms with Crippen LogP contribution in [0.4, 0.5) is 10.1 Å². The zero-order chi connectivity index (χ0) is 10.9. The lowest BCUT2D eigenvalue weighted by Gasteiger charge is -2.11. The van der Waals surface area contributed by atoms with Gasteiger partial charge in [0, 0.05) is 16.8 Å². The molecule has 0 spiro atoms. The summed E-state index contributed by atoms with van der Waals surface area (Å²) in [6, 6.07) is 1.38. The highest BCUT2D eigenvalue weighted by Gasteiger charge is 2.20. The standard InChI is InChI=1S/C9H11FN2O2/c1-4-6(11)3-2-5(7(4)10)8(12)9(13)14/h2-3,8H,11-12H2,1H3,(H,13,14)/t8-/m0/s1. The lowest BCUT2D eigenvalue weighted by Crippen LogP contribution is -2.22. The molecule has 0 aliphatic heterocycles. The molecule has 0 radical (unpaired) electrons. The van der Waals surface area contributed by atoms with Gasteiger partial charge in [-0.3, -0.25) is 4.79 Å². The molecule has 4 nitrogen and oxygen atoms in total. The van der Waals surface area contributed by atoms with Gasteiger partial charge in [0.25, 0.3) is 0 Å². The summed E-state index contributed by atoms with van der Waals surface area (Å²) in [5.74, 6) is -1.92. The molecule has 5 heteroatoms. The molecular formula is C9H11FN2O2. The topological polar surface area (TPSA) is 89.3 Å². The average molecular weight is 198 g/mol. The summed E-state index contributed by atoms with van der Waals surface area (Å²) in [6.45, 7) is 1.47. The van der Waals surface area contributed by atoms with Crippen LogP contribution in [0.25, 0.3) is 0 Å². The molecule has 76 valence electrons. The molecule has 0 saturated carbocycles. The fourth-order valence-electron chi connectivity index (χ4n) is 1.09. The number of carboxylic acids is 1. The highest BCUT2D eigenvalue weighted by atomic mass is 19.1. The van der Waals surface area contributed by atoms with Crippen molar-refractivity contribution in [2.45, 2.75) is 13.0 Å². The molecule has 14 heavy (non-hydrogen) atoms. The molecule has 0 fully saturated rings. The zero-order valence-corrected chi connectivity index (χ0v) is 7.62. The zero-order valence-electron chi connectivity index (χ0n) is 7.62. The van der Waals surface area contributed by atoms with Gasteiger partial charge in [-0.05, 0) is 13.0 Å². The van der Waals surface area contributed by atoms with E-state index in [9.17, 15) is 9.18 Å². The maximum absolute atomic E-state index is 13.4. The fraction of sp³-hybridized carbons (Fsp3) is 0.222. The first-order valence-corrected chi connectivity index (χ1v) is 3.98. The molecule has 0 saturated heterocycles. The molecule has 5 N–H and O–H groups in total. The van der Waals surface area contributed by atoms with Crippen LogP contribution >= 0.6 is 0 Å². The Bertz CT molecular complexity index is 379. The lowest BCUT2D eigenvalue weighted by molar-refractivity contribution is -0.138. The number of hydrogen-bond acceptors (Lipinski definition) is 3. The van der Waals surface area contributed by atoms with Gasteiger partial charge in [0.2, 0.25) is 0 Å². The first-order valence-electron chi connectivity index (χ1n) is 3.98. The molecule has 1 rings (SSSR count). The third-order valence-corrected chi connectivity index (χ3v) is 2.06. The van der Waals surface area contributed by atoms with Crippen molar-refractivity contribution >= 4 is 11.7 Å². The normalized spacial score (nSPS) is 12.5. The lowest BCUT2D eigenvalue weighted by atomic mass is 10.0. The Hall–Kier alpha value is -1.62. The first kappa shape index (κ1) is 10.5. The summed E-state index contributed by atoms with van der Waals surface area (Å²) < 4.78 is 13.4. The van der Waals surface area contributed by atoms with Crippen molar-refractivity contribution in [1.29, 1.82) is 0 Å². The summed E-state index contributed by atoms with van der Waals surface area (Å²) in [6.07, 6.45) is 0. The molecule has 0 aliphatic rings. The van der Waals surface area contributed by atoms with E-state index in [1.165, 1.54) is 19.1 Å². The number of anilines is 1. The summed E-state index contributed by atoms with van der Waals surface area (Å²) in [4.78, 5) is 10.5. The van der Waals surface area contributed by atoms with E-state index in [1.54, 1.807) is 0 Å². The number of hydrogen-bond donors (Lipinski definition) is 3. The minimum absolute atomic E-state index is 0.0517. The fourth-order valence-corrected chi connectivity index (χ4v) is 1.09. The van der Waals surface area contributed by atoms with Gasteiger partial charge in [-0.2, -0.15) is 0 Å². The molecule has 0 unspecified atom stereocenters. The maximum Gasteiger partial charge on any atom is 0.325 e. The molecule has 0 heterocycles. The van der Waals surface area contributed by atoms with Gasteiger partial charge in [-0.25, -0.2) is 4.39 Å².